The van der Waals surface area contributed by atoms with Gasteiger partial charge in [0.1, 0.15) is 18.2 Å². The minimum atomic E-state index is -0.848. The van der Waals surface area contributed by atoms with Crippen molar-refractivity contribution in [3.63, 3.8) is 0 Å². The number of carbonyl (C=O) groups excluding carboxylic acids is 1. The van der Waals surface area contributed by atoms with Gasteiger partial charge in [0.2, 0.25) is 0 Å². The van der Waals surface area contributed by atoms with Crippen molar-refractivity contribution in [1.82, 2.24) is 9.78 Å². The molecule has 1 heterocycles. The largest absolute Gasteiger partial charge is 0.292 e. The lowest BCUT2D eigenvalue weighted by Gasteiger charge is -2.04. The Kier molecular flexibility index (Phi) is 2.99. The number of benzene rings is 1. The Balaban J connectivity index is 2.26. The molecule has 3 nitrogen and oxygen atoms in total. The summed E-state index contributed by atoms with van der Waals surface area (Å²) >= 11 is 0. The van der Waals surface area contributed by atoms with Crippen molar-refractivity contribution in [2.75, 3.05) is 0 Å². The Morgan fingerprint density at radius 2 is 2.00 bits per heavy atom. The summed E-state index contributed by atoms with van der Waals surface area (Å²) in [5, 5.41) is 3.89. The van der Waals surface area contributed by atoms with Crippen LogP contribution in [-0.2, 0) is 6.54 Å². The highest BCUT2D eigenvalue weighted by Crippen LogP contribution is 2.13. The molecule has 2 aromatic rings. The first-order valence-corrected chi connectivity index (χ1v) is 5.04. The van der Waals surface area contributed by atoms with Crippen LogP contribution in [0.4, 0.5) is 8.78 Å². The maximum Gasteiger partial charge on any atom is 0.190 e. The molecule has 88 valence electrons. The van der Waals surface area contributed by atoms with E-state index in [1.54, 1.807) is 12.4 Å². The molecule has 5 heteroatoms. The van der Waals surface area contributed by atoms with Crippen LogP contribution in [0.1, 0.15) is 15.9 Å². The standard InChI is InChI=1S/C12H10F2N2O/c1-8-5-15-16(6-8)7-11(17)12-9(13)3-2-4-10(12)14/h2-6H,7H2,1H3. The smallest absolute Gasteiger partial charge is 0.190 e. The topological polar surface area (TPSA) is 34.9 Å². The predicted molar refractivity (Wildman–Crippen MR) is 57.7 cm³/mol. The van der Waals surface area contributed by atoms with Crippen molar-refractivity contribution in [3.05, 3.63) is 53.4 Å². The average molecular weight is 236 g/mol. The van der Waals surface area contributed by atoms with Crippen molar-refractivity contribution in [1.29, 1.82) is 0 Å². The van der Waals surface area contributed by atoms with Crippen LogP contribution < -0.4 is 0 Å². The molecular weight excluding hydrogens is 226 g/mol. The Morgan fingerprint density at radius 1 is 1.35 bits per heavy atom. The van der Waals surface area contributed by atoms with Crippen LogP contribution in [0.2, 0.25) is 0 Å². The minimum Gasteiger partial charge on any atom is -0.292 e. The van der Waals surface area contributed by atoms with Gasteiger partial charge in [-0.2, -0.15) is 5.10 Å². The molecule has 0 spiro atoms. The number of carbonyl (C=O) groups is 1. The van der Waals surface area contributed by atoms with Gasteiger partial charge in [-0.15, -0.1) is 0 Å². The van der Waals surface area contributed by atoms with Gasteiger partial charge in [0, 0.05) is 6.20 Å². The van der Waals surface area contributed by atoms with Crippen LogP contribution >= 0.6 is 0 Å². The van der Waals surface area contributed by atoms with Crippen LogP contribution in [0, 0.1) is 18.6 Å². The lowest BCUT2D eigenvalue weighted by Crippen LogP contribution is -2.14. The van der Waals surface area contributed by atoms with Gasteiger partial charge < -0.3 is 0 Å². The van der Waals surface area contributed by atoms with E-state index in [0.717, 1.165) is 17.7 Å². The fraction of sp³-hybridized carbons (Fsp3) is 0.167. The molecule has 0 unspecified atom stereocenters. The molecule has 0 atom stereocenters. The van der Waals surface area contributed by atoms with Gasteiger partial charge in [0.25, 0.3) is 0 Å². The summed E-state index contributed by atoms with van der Waals surface area (Å²) in [6.07, 6.45) is 3.21. The van der Waals surface area contributed by atoms with Crippen molar-refractivity contribution < 1.29 is 13.6 Å². The summed E-state index contributed by atoms with van der Waals surface area (Å²) < 4.78 is 28.0. The van der Waals surface area contributed by atoms with Crippen LogP contribution in [-0.4, -0.2) is 15.6 Å². The van der Waals surface area contributed by atoms with Crippen molar-refractivity contribution in [2.24, 2.45) is 0 Å². The van der Waals surface area contributed by atoms with Gasteiger partial charge in [-0.1, -0.05) is 6.07 Å². The van der Waals surface area contributed by atoms with Crippen molar-refractivity contribution in [3.8, 4) is 0 Å². The number of aromatic nitrogens is 2. The number of rotatable bonds is 3. The van der Waals surface area contributed by atoms with Gasteiger partial charge in [-0.05, 0) is 24.6 Å². The van der Waals surface area contributed by atoms with Crippen LogP contribution in [0.15, 0.2) is 30.6 Å². The number of hydrogen-bond acceptors (Lipinski definition) is 2. The van der Waals surface area contributed by atoms with Gasteiger partial charge in [0.15, 0.2) is 5.78 Å². The first-order chi connectivity index (χ1) is 8.08. The molecule has 0 aliphatic heterocycles. The van der Waals surface area contributed by atoms with E-state index >= 15 is 0 Å². The molecule has 0 bridgehead atoms. The van der Waals surface area contributed by atoms with E-state index in [-0.39, 0.29) is 6.54 Å². The monoisotopic (exact) mass is 236 g/mol. The molecule has 0 N–H and O–H groups in total. The van der Waals surface area contributed by atoms with Gasteiger partial charge in [0.05, 0.1) is 11.8 Å². The number of halogens is 2. The highest BCUT2D eigenvalue weighted by atomic mass is 19.1. The molecule has 0 radical (unpaired) electrons. The van der Waals surface area contributed by atoms with E-state index in [1.807, 2.05) is 6.92 Å². The van der Waals surface area contributed by atoms with Gasteiger partial charge >= 0.3 is 0 Å². The number of Topliss-reactive ketones (excluding diaryl/α,β-unsaturated/α-hetero) is 1. The second-order valence-corrected chi connectivity index (χ2v) is 3.74. The van der Waals surface area contributed by atoms with E-state index in [9.17, 15) is 13.6 Å². The molecule has 17 heavy (non-hydrogen) atoms. The third-order valence-corrected chi connectivity index (χ3v) is 2.31. The first-order valence-electron chi connectivity index (χ1n) is 5.04. The zero-order valence-electron chi connectivity index (χ0n) is 9.15. The number of hydrogen-bond donors (Lipinski definition) is 0. The van der Waals surface area contributed by atoms with Crippen LogP contribution in [0.25, 0.3) is 0 Å². The summed E-state index contributed by atoms with van der Waals surface area (Å²) in [4.78, 5) is 11.7. The number of aryl methyl sites for hydroxylation is 1. The normalized spacial score (nSPS) is 10.5. The summed E-state index contributed by atoms with van der Waals surface area (Å²) in [6, 6.07) is 3.34. The fourth-order valence-corrected chi connectivity index (χ4v) is 1.54. The molecule has 0 saturated heterocycles. The number of ketones is 1. The van der Waals surface area contributed by atoms with E-state index in [1.165, 1.54) is 10.7 Å². The maximum atomic E-state index is 13.3. The van der Waals surface area contributed by atoms with E-state index < -0.39 is 23.0 Å². The third-order valence-electron chi connectivity index (χ3n) is 2.31. The molecule has 0 aliphatic carbocycles. The Morgan fingerprint density at radius 3 is 2.53 bits per heavy atom. The summed E-state index contributed by atoms with van der Waals surface area (Å²) in [5.41, 5.74) is 0.368. The number of nitrogens with zero attached hydrogens (tertiary/aromatic N) is 2. The third kappa shape index (κ3) is 2.38. The average Bonchev–Trinajstić information content (AvgIpc) is 2.63. The zero-order valence-corrected chi connectivity index (χ0v) is 9.15. The van der Waals surface area contributed by atoms with Crippen LogP contribution in [0.5, 0.6) is 0 Å². The Bertz CT molecular complexity index is 543. The molecule has 1 aromatic heterocycles. The van der Waals surface area contributed by atoms with Gasteiger partial charge in [-0.3, -0.25) is 9.48 Å². The molecular formula is C12H10F2N2O. The Hall–Kier alpha value is -2.04. The molecule has 0 amide bonds. The summed E-state index contributed by atoms with van der Waals surface area (Å²) in [7, 11) is 0. The Labute approximate surface area is 96.7 Å². The SMILES string of the molecule is Cc1cnn(CC(=O)c2c(F)cccc2F)c1. The van der Waals surface area contributed by atoms with E-state index in [4.69, 9.17) is 0 Å². The minimum absolute atomic E-state index is 0.175. The summed E-state index contributed by atoms with van der Waals surface area (Å²) in [5.74, 6) is -2.33. The second-order valence-electron chi connectivity index (χ2n) is 3.74. The van der Waals surface area contributed by atoms with E-state index in [2.05, 4.69) is 5.10 Å². The first kappa shape index (κ1) is 11.4. The summed E-state index contributed by atoms with van der Waals surface area (Å²) in [6.45, 7) is 1.64. The molecule has 0 aliphatic rings. The molecule has 0 fully saturated rings. The quantitative estimate of drug-likeness (QED) is 0.767. The lowest BCUT2D eigenvalue weighted by atomic mass is 10.1. The van der Waals surface area contributed by atoms with Crippen molar-refractivity contribution >= 4 is 5.78 Å². The fourth-order valence-electron chi connectivity index (χ4n) is 1.54. The predicted octanol–water partition coefficient (Wildman–Crippen LogP) is 2.35. The molecule has 1 aromatic carbocycles. The van der Waals surface area contributed by atoms with E-state index in [0.29, 0.717) is 0 Å². The highest BCUT2D eigenvalue weighted by Gasteiger charge is 2.17. The molecule has 2 rings (SSSR count). The lowest BCUT2D eigenvalue weighted by molar-refractivity contribution is 0.0959. The maximum absolute atomic E-state index is 13.3. The highest BCUT2D eigenvalue weighted by molar-refractivity contribution is 5.96. The zero-order chi connectivity index (χ0) is 12.4. The van der Waals surface area contributed by atoms with Crippen LogP contribution in [0.3, 0.4) is 0 Å². The second kappa shape index (κ2) is 4.45. The van der Waals surface area contributed by atoms with Crippen molar-refractivity contribution in [2.45, 2.75) is 13.5 Å². The molecule has 0 saturated carbocycles. The van der Waals surface area contributed by atoms with Gasteiger partial charge in [-0.25, -0.2) is 8.78 Å².